The summed E-state index contributed by atoms with van der Waals surface area (Å²) in [5.41, 5.74) is 0. The molecule has 1 saturated carbocycles. The van der Waals surface area contributed by atoms with Gasteiger partial charge in [-0.25, -0.2) is 0 Å². The van der Waals surface area contributed by atoms with Crippen molar-refractivity contribution < 1.29 is 4.79 Å². The quantitative estimate of drug-likeness (QED) is 0.800. The Morgan fingerprint density at radius 3 is 2.50 bits per heavy atom. The molecule has 1 atom stereocenters. The van der Waals surface area contributed by atoms with Crippen LogP contribution in [0.1, 0.15) is 44.9 Å². The Morgan fingerprint density at radius 1 is 1.00 bits per heavy atom. The minimum absolute atomic E-state index is 0.363. The van der Waals surface area contributed by atoms with Gasteiger partial charge in [0.2, 0.25) is 5.91 Å². The van der Waals surface area contributed by atoms with Gasteiger partial charge in [-0.1, -0.05) is 12.8 Å². The lowest BCUT2D eigenvalue weighted by molar-refractivity contribution is -0.140. The highest BCUT2D eigenvalue weighted by molar-refractivity contribution is 7.99. The molecular formula is C16H28N2OS. The van der Waals surface area contributed by atoms with Gasteiger partial charge in [0.05, 0.1) is 6.04 Å². The van der Waals surface area contributed by atoms with Crippen molar-refractivity contribution in [3.8, 4) is 0 Å². The number of likely N-dealkylation sites (tertiary alicyclic amines) is 1. The van der Waals surface area contributed by atoms with Gasteiger partial charge in [-0.15, -0.1) is 0 Å². The number of hydrogen-bond donors (Lipinski definition) is 0. The summed E-state index contributed by atoms with van der Waals surface area (Å²) in [5, 5.41) is 0. The Kier molecular flexibility index (Phi) is 5.27. The minimum Gasteiger partial charge on any atom is -0.337 e. The highest BCUT2D eigenvalue weighted by Gasteiger charge is 2.34. The van der Waals surface area contributed by atoms with Crippen LogP contribution in [-0.4, -0.2) is 59.4 Å². The summed E-state index contributed by atoms with van der Waals surface area (Å²) >= 11 is 2.05. The average Bonchev–Trinajstić information content (AvgIpc) is 2.63. The third-order valence-electron chi connectivity index (χ3n) is 5.09. The smallest absolute Gasteiger partial charge is 0.226 e. The van der Waals surface area contributed by atoms with Crippen LogP contribution in [0.4, 0.5) is 0 Å². The molecule has 2 saturated heterocycles. The largest absolute Gasteiger partial charge is 0.337 e. The summed E-state index contributed by atoms with van der Waals surface area (Å²) in [4.78, 5) is 17.5. The van der Waals surface area contributed by atoms with Gasteiger partial charge in [0, 0.05) is 24.8 Å². The maximum absolute atomic E-state index is 12.7. The van der Waals surface area contributed by atoms with Gasteiger partial charge in [-0.3, -0.25) is 4.79 Å². The van der Waals surface area contributed by atoms with E-state index >= 15 is 0 Å². The van der Waals surface area contributed by atoms with E-state index in [1.54, 1.807) is 0 Å². The van der Waals surface area contributed by atoms with Gasteiger partial charge >= 0.3 is 0 Å². The molecule has 0 unspecified atom stereocenters. The van der Waals surface area contributed by atoms with E-state index in [4.69, 9.17) is 0 Å². The predicted molar refractivity (Wildman–Crippen MR) is 85.1 cm³/mol. The predicted octanol–water partition coefficient (Wildman–Crippen LogP) is 2.61. The first kappa shape index (κ1) is 14.7. The fourth-order valence-electron chi connectivity index (χ4n) is 3.60. The Balaban J connectivity index is 1.61. The van der Waals surface area contributed by atoms with E-state index in [0.717, 1.165) is 31.7 Å². The maximum atomic E-state index is 12.7. The van der Waals surface area contributed by atoms with Crippen molar-refractivity contribution >= 4 is 17.7 Å². The van der Waals surface area contributed by atoms with E-state index in [0.29, 0.717) is 17.9 Å². The van der Waals surface area contributed by atoms with Crippen molar-refractivity contribution in [3.63, 3.8) is 0 Å². The minimum atomic E-state index is 0.363. The molecule has 20 heavy (non-hydrogen) atoms. The van der Waals surface area contributed by atoms with Crippen LogP contribution in [0.5, 0.6) is 0 Å². The molecule has 2 heterocycles. The molecule has 0 aromatic rings. The molecule has 0 spiro atoms. The first-order valence-electron chi connectivity index (χ1n) is 8.45. The number of carbonyl (C=O) groups excluding carboxylic acids is 1. The Hall–Kier alpha value is -0.220. The number of piperidine rings is 1. The summed E-state index contributed by atoms with van der Waals surface area (Å²) in [5.74, 6) is 3.21. The molecule has 114 valence electrons. The average molecular weight is 296 g/mol. The van der Waals surface area contributed by atoms with Crippen molar-refractivity contribution in [2.45, 2.75) is 51.0 Å². The van der Waals surface area contributed by atoms with E-state index in [1.165, 1.54) is 50.9 Å². The van der Waals surface area contributed by atoms with Gasteiger partial charge in [-0.05, 0) is 50.9 Å². The first-order valence-corrected chi connectivity index (χ1v) is 9.60. The normalized spacial score (nSPS) is 29.8. The number of hydrogen-bond acceptors (Lipinski definition) is 3. The van der Waals surface area contributed by atoms with E-state index in [-0.39, 0.29) is 0 Å². The van der Waals surface area contributed by atoms with Crippen LogP contribution in [0.25, 0.3) is 0 Å². The van der Waals surface area contributed by atoms with E-state index in [2.05, 4.69) is 21.6 Å². The van der Waals surface area contributed by atoms with Crippen molar-refractivity contribution in [2.75, 3.05) is 37.7 Å². The molecule has 2 aliphatic heterocycles. The summed E-state index contributed by atoms with van der Waals surface area (Å²) in [6.45, 7) is 4.60. The molecule has 0 N–H and O–H groups in total. The lowest BCUT2D eigenvalue weighted by atomic mass is 9.84. The van der Waals surface area contributed by atoms with Gasteiger partial charge in [-0.2, -0.15) is 11.8 Å². The number of nitrogens with zero attached hydrogens (tertiary/aromatic N) is 2. The molecule has 3 nitrogen and oxygen atoms in total. The summed E-state index contributed by atoms with van der Waals surface area (Å²) in [6.07, 6.45) is 8.79. The zero-order valence-electron chi connectivity index (χ0n) is 12.6. The Labute approximate surface area is 127 Å². The number of amides is 1. The lowest BCUT2D eigenvalue weighted by Crippen LogP contribution is -2.51. The molecule has 4 heteroatoms. The second kappa shape index (κ2) is 7.17. The van der Waals surface area contributed by atoms with Crippen molar-refractivity contribution in [2.24, 2.45) is 5.92 Å². The molecule has 0 aromatic heterocycles. The highest BCUT2D eigenvalue weighted by atomic mass is 32.2. The van der Waals surface area contributed by atoms with Gasteiger partial charge in [0.1, 0.15) is 0 Å². The zero-order valence-corrected chi connectivity index (χ0v) is 13.4. The Morgan fingerprint density at radius 2 is 1.80 bits per heavy atom. The topological polar surface area (TPSA) is 23.6 Å². The van der Waals surface area contributed by atoms with Crippen molar-refractivity contribution in [3.05, 3.63) is 0 Å². The van der Waals surface area contributed by atoms with Crippen LogP contribution in [-0.2, 0) is 4.79 Å². The second-order valence-electron chi connectivity index (χ2n) is 6.60. The van der Waals surface area contributed by atoms with Gasteiger partial charge in [0.25, 0.3) is 0 Å². The SMILES string of the molecule is O=C(C1CCC1)N1CCCSC[C@@H]1CN1CCCCC1. The van der Waals surface area contributed by atoms with Crippen LogP contribution in [0.2, 0.25) is 0 Å². The molecule has 1 aliphatic carbocycles. The molecule has 1 amide bonds. The molecular weight excluding hydrogens is 268 g/mol. The number of carbonyl (C=O) groups is 1. The monoisotopic (exact) mass is 296 g/mol. The fraction of sp³-hybridized carbons (Fsp3) is 0.938. The van der Waals surface area contributed by atoms with Crippen molar-refractivity contribution in [1.82, 2.24) is 9.80 Å². The lowest BCUT2D eigenvalue weighted by Gasteiger charge is -2.39. The highest BCUT2D eigenvalue weighted by Crippen LogP contribution is 2.30. The van der Waals surface area contributed by atoms with Crippen LogP contribution in [0, 0.1) is 5.92 Å². The first-order chi connectivity index (χ1) is 9.84. The van der Waals surface area contributed by atoms with Crippen molar-refractivity contribution in [1.29, 1.82) is 0 Å². The van der Waals surface area contributed by atoms with Crippen LogP contribution >= 0.6 is 11.8 Å². The standard InChI is InChI=1S/C16H28N2OS/c19-16(14-6-4-7-14)18-10-5-11-20-13-15(18)12-17-8-2-1-3-9-17/h14-15H,1-13H2/t15-/m0/s1. The van der Waals surface area contributed by atoms with Crippen LogP contribution in [0.3, 0.4) is 0 Å². The molecule has 3 aliphatic rings. The third kappa shape index (κ3) is 3.51. The van der Waals surface area contributed by atoms with Crippen LogP contribution < -0.4 is 0 Å². The van der Waals surface area contributed by atoms with Crippen LogP contribution in [0.15, 0.2) is 0 Å². The number of thioether (sulfide) groups is 1. The maximum Gasteiger partial charge on any atom is 0.226 e. The number of rotatable bonds is 3. The summed E-state index contributed by atoms with van der Waals surface area (Å²) < 4.78 is 0. The van der Waals surface area contributed by atoms with Gasteiger partial charge < -0.3 is 9.80 Å². The fourth-order valence-corrected chi connectivity index (χ4v) is 4.66. The van der Waals surface area contributed by atoms with E-state index in [1.807, 2.05) is 0 Å². The second-order valence-corrected chi connectivity index (χ2v) is 7.75. The molecule has 0 radical (unpaired) electrons. The Bertz CT molecular complexity index is 326. The molecule has 0 bridgehead atoms. The molecule has 3 fully saturated rings. The summed E-state index contributed by atoms with van der Waals surface area (Å²) in [6, 6.07) is 0.466. The van der Waals surface area contributed by atoms with E-state index < -0.39 is 0 Å². The third-order valence-corrected chi connectivity index (χ3v) is 6.29. The summed E-state index contributed by atoms with van der Waals surface area (Å²) in [7, 11) is 0. The molecule has 0 aromatic carbocycles. The van der Waals surface area contributed by atoms with Gasteiger partial charge in [0.15, 0.2) is 0 Å². The van der Waals surface area contributed by atoms with E-state index in [9.17, 15) is 4.79 Å². The molecule has 3 rings (SSSR count). The zero-order chi connectivity index (χ0) is 13.8.